The van der Waals surface area contributed by atoms with Crippen LogP contribution in [0.5, 0.6) is 0 Å². The molecule has 1 rings (SSSR count). The zero-order chi connectivity index (χ0) is 14.3. The van der Waals surface area contributed by atoms with Gasteiger partial charge in [0, 0.05) is 5.92 Å². The van der Waals surface area contributed by atoms with Crippen LogP contribution in [0.1, 0.15) is 19.4 Å². The maximum Gasteiger partial charge on any atom is 0.311 e. The molecular weight excluding hydrogens is 244 g/mol. The third kappa shape index (κ3) is 5.01. The van der Waals surface area contributed by atoms with Gasteiger partial charge in [0.1, 0.15) is 0 Å². The highest BCUT2D eigenvalue weighted by Crippen LogP contribution is 2.15. The number of benzene rings is 1. The van der Waals surface area contributed by atoms with E-state index in [1.165, 1.54) is 7.11 Å². The maximum atomic E-state index is 11.3. The largest absolute Gasteiger partial charge is 0.469 e. The van der Waals surface area contributed by atoms with Crippen LogP contribution in [0.4, 0.5) is 0 Å². The molecule has 3 atom stereocenters. The van der Waals surface area contributed by atoms with Gasteiger partial charge in [-0.15, -0.1) is 0 Å². The van der Waals surface area contributed by atoms with Gasteiger partial charge in [0.2, 0.25) is 0 Å². The summed E-state index contributed by atoms with van der Waals surface area (Å²) in [6, 6.07) is 9.83. The topological polar surface area (TPSA) is 55.8 Å². The fourth-order valence-corrected chi connectivity index (χ4v) is 1.85. The summed E-state index contributed by atoms with van der Waals surface area (Å²) in [5, 5.41) is 10.0. The minimum atomic E-state index is -0.761. The standard InChI is InChI=1S/C15H22O4/c1-11(14(16)12(2)15(17)18-3)9-19-10-13-7-5-4-6-8-13/h4-8,11-12,14,16H,9-10H2,1-3H3/t11-,12+,14-/m1/s1. The number of carbonyl (C=O) groups is 1. The number of hydrogen-bond acceptors (Lipinski definition) is 4. The SMILES string of the molecule is COC(=O)[C@@H](C)[C@H](O)[C@H](C)COCc1ccccc1. The summed E-state index contributed by atoms with van der Waals surface area (Å²) in [6.45, 7) is 4.42. The van der Waals surface area contributed by atoms with E-state index in [0.29, 0.717) is 13.2 Å². The molecule has 0 heterocycles. The summed E-state index contributed by atoms with van der Waals surface area (Å²) in [7, 11) is 1.32. The van der Waals surface area contributed by atoms with Crippen LogP contribution in [0.2, 0.25) is 0 Å². The van der Waals surface area contributed by atoms with Crippen molar-refractivity contribution in [2.45, 2.75) is 26.6 Å². The molecule has 1 N–H and O–H groups in total. The number of ether oxygens (including phenoxy) is 2. The molecule has 0 aliphatic rings. The molecule has 4 nitrogen and oxygen atoms in total. The molecule has 106 valence electrons. The molecule has 0 saturated carbocycles. The summed E-state index contributed by atoms with van der Waals surface area (Å²) in [5.41, 5.74) is 1.09. The zero-order valence-corrected chi connectivity index (χ0v) is 11.7. The van der Waals surface area contributed by atoms with Gasteiger partial charge in [-0.25, -0.2) is 0 Å². The number of hydrogen-bond donors (Lipinski definition) is 1. The molecule has 1 aromatic carbocycles. The lowest BCUT2D eigenvalue weighted by Gasteiger charge is -2.23. The van der Waals surface area contributed by atoms with Crippen LogP contribution < -0.4 is 0 Å². The van der Waals surface area contributed by atoms with Gasteiger partial charge in [-0.3, -0.25) is 4.79 Å². The average molecular weight is 266 g/mol. The molecule has 0 amide bonds. The van der Waals surface area contributed by atoms with E-state index in [1.54, 1.807) is 6.92 Å². The molecule has 0 fully saturated rings. The third-order valence-electron chi connectivity index (χ3n) is 3.16. The van der Waals surface area contributed by atoms with E-state index in [2.05, 4.69) is 4.74 Å². The van der Waals surface area contributed by atoms with E-state index in [9.17, 15) is 9.90 Å². The van der Waals surface area contributed by atoms with Gasteiger partial charge in [0.25, 0.3) is 0 Å². The second-order valence-electron chi connectivity index (χ2n) is 4.78. The lowest BCUT2D eigenvalue weighted by molar-refractivity contribution is -0.150. The Morgan fingerprint density at radius 3 is 2.47 bits per heavy atom. The first-order chi connectivity index (χ1) is 9.06. The highest BCUT2D eigenvalue weighted by atomic mass is 16.5. The van der Waals surface area contributed by atoms with Crippen molar-refractivity contribution in [3.8, 4) is 0 Å². The number of aliphatic hydroxyl groups excluding tert-OH is 1. The molecule has 0 bridgehead atoms. The Morgan fingerprint density at radius 2 is 1.89 bits per heavy atom. The summed E-state index contributed by atoms with van der Waals surface area (Å²) < 4.78 is 10.2. The predicted molar refractivity (Wildman–Crippen MR) is 72.4 cm³/mol. The number of methoxy groups -OCH3 is 1. The fourth-order valence-electron chi connectivity index (χ4n) is 1.85. The lowest BCUT2D eigenvalue weighted by Crippen LogP contribution is -2.34. The van der Waals surface area contributed by atoms with E-state index < -0.39 is 18.0 Å². The molecule has 0 spiro atoms. The molecule has 0 saturated heterocycles. The molecular formula is C15H22O4. The van der Waals surface area contributed by atoms with Crippen molar-refractivity contribution < 1.29 is 19.4 Å². The maximum absolute atomic E-state index is 11.3. The molecule has 1 aromatic rings. The van der Waals surface area contributed by atoms with Crippen LogP contribution >= 0.6 is 0 Å². The molecule has 0 aliphatic heterocycles. The van der Waals surface area contributed by atoms with E-state index in [0.717, 1.165) is 5.56 Å². The molecule has 0 aliphatic carbocycles. The van der Waals surface area contributed by atoms with E-state index in [4.69, 9.17) is 4.74 Å². The van der Waals surface area contributed by atoms with Crippen molar-refractivity contribution in [3.63, 3.8) is 0 Å². The van der Waals surface area contributed by atoms with Crippen LogP contribution in [0.3, 0.4) is 0 Å². The number of carbonyl (C=O) groups excluding carboxylic acids is 1. The predicted octanol–water partition coefficient (Wildman–Crippen LogP) is 2.01. The second-order valence-corrected chi connectivity index (χ2v) is 4.78. The number of rotatable bonds is 7. The quantitative estimate of drug-likeness (QED) is 0.767. The zero-order valence-electron chi connectivity index (χ0n) is 11.7. The lowest BCUT2D eigenvalue weighted by atomic mass is 9.94. The van der Waals surface area contributed by atoms with Crippen molar-refractivity contribution in [1.82, 2.24) is 0 Å². The summed E-state index contributed by atoms with van der Waals surface area (Å²) in [4.78, 5) is 11.3. The van der Waals surface area contributed by atoms with Crippen molar-refractivity contribution in [1.29, 1.82) is 0 Å². The minimum Gasteiger partial charge on any atom is -0.469 e. The molecule has 4 heteroatoms. The van der Waals surface area contributed by atoms with E-state index in [1.807, 2.05) is 37.3 Å². The van der Waals surface area contributed by atoms with E-state index in [-0.39, 0.29) is 5.92 Å². The van der Waals surface area contributed by atoms with Crippen molar-refractivity contribution in [3.05, 3.63) is 35.9 Å². The van der Waals surface area contributed by atoms with Crippen LogP contribution in [0.15, 0.2) is 30.3 Å². The third-order valence-corrected chi connectivity index (χ3v) is 3.16. The van der Waals surface area contributed by atoms with Crippen LogP contribution in [0, 0.1) is 11.8 Å². The Kier molecular flexibility index (Phi) is 6.53. The Balaban J connectivity index is 2.34. The Labute approximate surface area is 114 Å². The number of esters is 1. The van der Waals surface area contributed by atoms with Crippen LogP contribution in [-0.4, -0.2) is 30.9 Å². The highest BCUT2D eigenvalue weighted by Gasteiger charge is 2.27. The first kappa shape index (κ1) is 15.7. The van der Waals surface area contributed by atoms with Gasteiger partial charge in [0.15, 0.2) is 0 Å². The van der Waals surface area contributed by atoms with Gasteiger partial charge in [-0.1, -0.05) is 37.3 Å². The summed E-state index contributed by atoms with van der Waals surface area (Å²) in [6.07, 6.45) is -0.761. The monoisotopic (exact) mass is 266 g/mol. The van der Waals surface area contributed by atoms with Gasteiger partial charge in [-0.05, 0) is 12.5 Å². The normalized spacial score (nSPS) is 15.6. The average Bonchev–Trinajstić information content (AvgIpc) is 2.45. The Hall–Kier alpha value is -1.39. The van der Waals surface area contributed by atoms with Gasteiger partial charge < -0.3 is 14.6 Å². The van der Waals surface area contributed by atoms with Gasteiger partial charge >= 0.3 is 5.97 Å². The Bertz CT molecular complexity index is 377. The molecule has 19 heavy (non-hydrogen) atoms. The molecule has 0 aromatic heterocycles. The van der Waals surface area contributed by atoms with E-state index >= 15 is 0 Å². The molecule has 0 radical (unpaired) electrons. The summed E-state index contributed by atoms with van der Waals surface area (Å²) in [5.74, 6) is -1.07. The van der Waals surface area contributed by atoms with Crippen molar-refractivity contribution >= 4 is 5.97 Å². The highest BCUT2D eigenvalue weighted by molar-refractivity contribution is 5.72. The first-order valence-corrected chi connectivity index (χ1v) is 6.43. The van der Waals surface area contributed by atoms with Gasteiger partial charge in [0.05, 0.1) is 32.3 Å². The van der Waals surface area contributed by atoms with Crippen molar-refractivity contribution in [2.24, 2.45) is 11.8 Å². The first-order valence-electron chi connectivity index (χ1n) is 6.43. The second kappa shape index (κ2) is 7.92. The summed E-state index contributed by atoms with van der Waals surface area (Å²) >= 11 is 0. The minimum absolute atomic E-state index is 0.127. The van der Waals surface area contributed by atoms with Crippen LogP contribution in [0.25, 0.3) is 0 Å². The fraction of sp³-hybridized carbons (Fsp3) is 0.533. The Morgan fingerprint density at radius 1 is 1.26 bits per heavy atom. The van der Waals surface area contributed by atoms with Gasteiger partial charge in [-0.2, -0.15) is 0 Å². The van der Waals surface area contributed by atoms with Crippen molar-refractivity contribution in [2.75, 3.05) is 13.7 Å². The van der Waals surface area contributed by atoms with Crippen LogP contribution in [-0.2, 0) is 20.9 Å². The number of aliphatic hydroxyl groups is 1. The smallest absolute Gasteiger partial charge is 0.311 e. The molecule has 0 unspecified atom stereocenters.